The van der Waals surface area contributed by atoms with Gasteiger partial charge in [0.15, 0.2) is 0 Å². The van der Waals surface area contributed by atoms with Crippen molar-refractivity contribution < 1.29 is 22.4 Å². The minimum atomic E-state index is -4.68. The van der Waals surface area contributed by atoms with Gasteiger partial charge in [-0.25, -0.2) is 4.79 Å². The minimum Gasteiger partial charge on any atom is -0.423 e. The van der Waals surface area contributed by atoms with Crippen molar-refractivity contribution in [2.45, 2.75) is 20.0 Å². The lowest BCUT2D eigenvalue weighted by Crippen LogP contribution is -2.13. The van der Waals surface area contributed by atoms with E-state index < -0.39 is 23.3 Å². The van der Waals surface area contributed by atoms with Gasteiger partial charge in [0.1, 0.15) is 5.58 Å². The number of hydrogen-bond acceptors (Lipinski definition) is 3. The van der Waals surface area contributed by atoms with Gasteiger partial charge in [0, 0.05) is 34.6 Å². The lowest BCUT2D eigenvalue weighted by molar-refractivity contribution is -0.136. The number of alkyl halides is 3. The van der Waals surface area contributed by atoms with Crippen LogP contribution >= 0.6 is 0 Å². The number of benzene rings is 1. The van der Waals surface area contributed by atoms with Gasteiger partial charge < -0.3 is 14.7 Å². The summed E-state index contributed by atoms with van der Waals surface area (Å²) in [4.78, 5) is 26.7. The van der Waals surface area contributed by atoms with Crippen LogP contribution in [0.5, 0.6) is 0 Å². The Morgan fingerprint density at radius 1 is 1.16 bits per heavy atom. The van der Waals surface area contributed by atoms with Gasteiger partial charge >= 0.3 is 11.8 Å². The summed E-state index contributed by atoms with van der Waals surface area (Å²) in [6.07, 6.45) is -4.68. The predicted octanol–water partition coefficient (Wildman–Crippen LogP) is 4.01. The molecule has 2 N–H and O–H groups in total. The van der Waals surface area contributed by atoms with E-state index in [0.29, 0.717) is 17.3 Å². The molecule has 5 nitrogen and oxygen atoms in total. The number of nitrogens with one attached hydrogen (secondary N) is 2. The summed E-state index contributed by atoms with van der Waals surface area (Å²) < 4.78 is 43.9. The Balaban J connectivity index is 2.01. The Morgan fingerprint density at radius 2 is 1.88 bits per heavy atom. The van der Waals surface area contributed by atoms with Crippen LogP contribution in [-0.2, 0) is 6.18 Å². The number of halogens is 3. The molecule has 25 heavy (non-hydrogen) atoms. The lowest BCUT2D eigenvalue weighted by Gasteiger charge is -2.10. The van der Waals surface area contributed by atoms with Crippen LogP contribution in [0.3, 0.4) is 0 Å². The predicted molar refractivity (Wildman–Crippen MR) is 85.7 cm³/mol. The van der Waals surface area contributed by atoms with Crippen molar-refractivity contribution >= 4 is 22.6 Å². The zero-order valence-electron chi connectivity index (χ0n) is 13.2. The molecule has 0 atom stereocenters. The van der Waals surface area contributed by atoms with Gasteiger partial charge in [-0.15, -0.1) is 0 Å². The lowest BCUT2D eigenvalue weighted by atomic mass is 10.1. The third-order valence-corrected chi connectivity index (χ3v) is 3.70. The summed E-state index contributed by atoms with van der Waals surface area (Å²) in [7, 11) is 0. The maximum absolute atomic E-state index is 13.0. The zero-order chi connectivity index (χ0) is 18.4. The van der Waals surface area contributed by atoms with Crippen molar-refractivity contribution in [3.8, 4) is 0 Å². The van der Waals surface area contributed by atoms with Gasteiger partial charge in [0.25, 0.3) is 5.91 Å². The van der Waals surface area contributed by atoms with E-state index in [9.17, 15) is 22.8 Å². The van der Waals surface area contributed by atoms with Gasteiger partial charge in [0.2, 0.25) is 0 Å². The molecule has 1 amide bonds. The number of aromatic nitrogens is 1. The Hall–Kier alpha value is -3.03. The molecule has 3 aromatic rings. The summed E-state index contributed by atoms with van der Waals surface area (Å²) in [6, 6.07) is 5.75. The third-order valence-electron chi connectivity index (χ3n) is 3.70. The van der Waals surface area contributed by atoms with Gasteiger partial charge in [-0.05, 0) is 32.0 Å². The van der Waals surface area contributed by atoms with Crippen molar-refractivity contribution in [3.63, 3.8) is 0 Å². The second kappa shape index (κ2) is 5.80. The summed E-state index contributed by atoms with van der Waals surface area (Å²) in [5, 5.41) is 2.33. The monoisotopic (exact) mass is 350 g/mol. The van der Waals surface area contributed by atoms with Crippen molar-refractivity contribution in [1.82, 2.24) is 4.98 Å². The number of aromatic amines is 1. The highest BCUT2D eigenvalue weighted by Gasteiger charge is 2.33. The fourth-order valence-electron chi connectivity index (χ4n) is 2.63. The number of carbonyl (C=O) groups excluding carboxylic acids is 1. The number of aryl methyl sites for hydroxylation is 2. The van der Waals surface area contributed by atoms with Crippen molar-refractivity contribution in [2.75, 3.05) is 5.32 Å². The largest absolute Gasteiger partial charge is 0.423 e. The molecule has 0 spiro atoms. The number of hydrogen-bond donors (Lipinski definition) is 2. The van der Waals surface area contributed by atoms with E-state index in [1.54, 1.807) is 19.9 Å². The molecule has 3 rings (SSSR count). The topological polar surface area (TPSA) is 75.1 Å². The fraction of sp³-hybridized carbons (Fsp3) is 0.176. The Labute approximate surface area is 139 Å². The standard InChI is InChI=1S/C17H13F3N2O3/c1-8-5-12(9(2)21-8)16(24)22-10-3-4-11-13(17(18,19)20)7-15(23)25-14(11)6-10/h3-7,21H,1-2H3,(H,22,24). The number of amides is 1. The molecule has 1 aromatic carbocycles. The van der Waals surface area contributed by atoms with Gasteiger partial charge in [-0.1, -0.05) is 0 Å². The number of carbonyl (C=O) groups is 1. The van der Waals surface area contributed by atoms with E-state index >= 15 is 0 Å². The molecule has 0 aliphatic carbocycles. The third kappa shape index (κ3) is 3.28. The maximum Gasteiger partial charge on any atom is 0.417 e. The van der Waals surface area contributed by atoms with Crippen LogP contribution in [0.15, 0.2) is 39.5 Å². The molecule has 0 aliphatic rings. The van der Waals surface area contributed by atoms with E-state index in [1.165, 1.54) is 12.1 Å². The molecule has 0 fully saturated rings. The molecule has 0 saturated carbocycles. The molecule has 8 heteroatoms. The van der Waals surface area contributed by atoms with Crippen molar-refractivity contribution in [1.29, 1.82) is 0 Å². The first-order chi connectivity index (χ1) is 11.6. The summed E-state index contributed by atoms with van der Waals surface area (Å²) in [6.45, 7) is 3.53. The van der Waals surface area contributed by atoms with Crippen LogP contribution in [0.2, 0.25) is 0 Å². The second-order valence-corrected chi connectivity index (χ2v) is 5.63. The molecule has 0 aliphatic heterocycles. The SMILES string of the molecule is Cc1cc(C(=O)Nc2ccc3c(C(F)(F)F)cc(=O)oc3c2)c(C)[nH]1. The van der Waals surface area contributed by atoms with E-state index in [0.717, 1.165) is 11.8 Å². The second-order valence-electron chi connectivity index (χ2n) is 5.63. The van der Waals surface area contributed by atoms with E-state index in [-0.39, 0.29) is 16.7 Å². The maximum atomic E-state index is 13.0. The smallest absolute Gasteiger partial charge is 0.417 e. The first-order valence-corrected chi connectivity index (χ1v) is 7.28. The number of fused-ring (bicyclic) bond motifs is 1. The fourth-order valence-corrected chi connectivity index (χ4v) is 2.63. The van der Waals surface area contributed by atoms with E-state index in [4.69, 9.17) is 4.42 Å². The average Bonchev–Trinajstić information content (AvgIpc) is 2.84. The van der Waals surface area contributed by atoms with Crippen LogP contribution in [0.4, 0.5) is 18.9 Å². The minimum absolute atomic E-state index is 0.221. The van der Waals surface area contributed by atoms with Crippen molar-refractivity contribution in [2.24, 2.45) is 0 Å². The summed E-state index contributed by atoms with van der Waals surface area (Å²) in [5.41, 5.74) is -0.321. The van der Waals surface area contributed by atoms with Crippen LogP contribution in [0.1, 0.15) is 27.3 Å². The van der Waals surface area contributed by atoms with Crippen LogP contribution < -0.4 is 10.9 Å². The molecule has 0 bridgehead atoms. The molecule has 2 aromatic heterocycles. The Kier molecular flexibility index (Phi) is 3.90. The molecule has 130 valence electrons. The zero-order valence-corrected chi connectivity index (χ0v) is 13.2. The summed E-state index contributed by atoms with van der Waals surface area (Å²) in [5.74, 6) is -0.421. The van der Waals surface area contributed by atoms with Gasteiger partial charge in [-0.3, -0.25) is 4.79 Å². The van der Waals surface area contributed by atoms with Crippen LogP contribution in [0, 0.1) is 13.8 Å². The van der Waals surface area contributed by atoms with Gasteiger partial charge in [0.05, 0.1) is 11.1 Å². The highest BCUT2D eigenvalue weighted by molar-refractivity contribution is 6.06. The number of anilines is 1. The van der Waals surface area contributed by atoms with Crippen LogP contribution in [-0.4, -0.2) is 10.9 Å². The highest BCUT2D eigenvalue weighted by atomic mass is 19.4. The van der Waals surface area contributed by atoms with E-state index in [2.05, 4.69) is 10.3 Å². The molecule has 0 radical (unpaired) electrons. The molecular weight excluding hydrogens is 337 g/mol. The van der Waals surface area contributed by atoms with Crippen LogP contribution in [0.25, 0.3) is 11.0 Å². The molecule has 0 saturated heterocycles. The molecule has 0 unspecified atom stereocenters. The number of rotatable bonds is 2. The first kappa shape index (κ1) is 16.8. The number of H-pyrrole nitrogens is 1. The normalized spacial score (nSPS) is 11.7. The highest BCUT2D eigenvalue weighted by Crippen LogP contribution is 2.34. The molecule has 2 heterocycles. The van der Waals surface area contributed by atoms with Crippen molar-refractivity contribution in [3.05, 3.63) is 63.3 Å². The first-order valence-electron chi connectivity index (χ1n) is 7.28. The Morgan fingerprint density at radius 3 is 2.48 bits per heavy atom. The molecular formula is C17H13F3N2O3. The van der Waals surface area contributed by atoms with E-state index in [1.807, 2.05) is 0 Å². The Bertz CT molecular complexity index is 1030. The average molecular weight is 350 g/mol. The quantitative estimate of drug-likeness (QED) is 0.686. The summed E-state index contributed by atoms with van der Waals surface area (Å²) >= 11 is 0. The van der Waals surface area contributed by atoms with Gasteiger partial charge in [-0.2, -0.15) is 13.2 Å².